The van der Waals surface area contributed by atoms with Gasteiger partial charge in [-0.25, -0.2) is 0 Å². The molecule has 5 heteroatoms. The molecule has 20 heavy (non-hydrogen) atoms. The Morgan fingerprint density at radius 1 is 0.950 bits per heavy atom. The van der Waals surface area contributed by atoms with Gasteiger partial charge in [0, 0.05) is 25.3 Å². The molecule has 2 aromatic rings. The summed E-state index contributed by atoms with van der Waals surface area (Å²) in [5.41, 5.74) is 1.11. The number of para-hydroxylation sites is 1. The van der Waals surface area contributed by atoms with Crippen molar-refractivity contribution in [3.05, 3.63) is 36.5 Å². The van der Waals surface area contributed by atoms with E-state index in [9.17, 15) is 0 Å². The van der Waals surface area contributed by atoms with E-state index in [1.807, 2.05) is 18.2 Å². The Morgan fingerprint density at radius 3 is 2.25 bits per heavy atom. The highest BCUT2D eigenvalue weighted by atomic mass is 15.3. The average molecular weight is 271 g/mol. The van der Waals surface area contributed by atoms with Crippen LogP contribution in [0.2, 0.25) is 0 Å². The van der Waals surface area contributed by atoms with Gasteiger partial charge in [-0.05, 0) is 32.9 Å². The minimum Gasteiger partial charge on any atom is -0.340 e. The molecule has 0 saturated carbocycles. The second-order valence-electron chi connectivity index (χ2n) is 4.37. The number of aromatic nitrogens is 3. The van der Waals surface area contributed by atoms with E-state index >= 15 is 0 Å². The minimum atomic E-state index is 0.682. The number of anilines is 3. The molecule has 0 bridgehead atoms. The van der Waals surface area contributed by atoms with Crippen LogP contribution in [0, 0.1) is 0 Å². The molecule has 0 amide bonds. The molecular weight excluding hydrogens is 250 g/mol. The highest BCUT2D eigenvalue weighted by Gasteiger charge is 2.12. The summed E-state index contributed by atoms with van der Waals surface area (Å²) in [5, 5.41) is 8.23. The van der Waals surface area contributed by atoms with Gasteiger partial charge in [-0.1, -0.05) is 18.2 Å². The maximum absolute atomic E-state index is 4.64. The predicted molar refractivity (Wildman–Crippen MR) is 82.5 cm³/mol. The van der Waals surface area contributed by atoms with Crippen molar-refractivity contribution in [2.24, 2.45) is 0 Å². The van der Waals surface area contributed by atoms with Gasteiger partial charge in [0.2, 0.25) is 5.95 Å². The van der Waals surface area contributed by atoms with Crippen LogP contribution in [0.5, 0.6) is 0 Å². The van der Waals surface area contributed by atoms with Crippen LogP contribution >= 0.6 is 0 Å². The Bertz CT molecular complexity index is 525. The quantitative estimate of drug-likeness (QED) is 0.808. The summed E-state index contributed by atoms with van der Waals surface area (Å²) >= 11 is 0. The molecule has 0 unspecified atom stereocenters. The van der Waals surface area contributed by atoms with E-state index in [-0.39, 0.29) is 0 Å². The SMILES string of the molecule is CCN(CC)c1nncc(N(CC)c2ccccc2)n1. The first-order valence-electron chi connectivity index (χ1n) is 7.07. The van der Waals surface area contributed by atoms with Gasteiger partial charge >= 0.3 is 0 Å². The maximum atomic E-state index is 4.64. The van der Waals surface area contributed by atoms with E-state index in [0.29, 0.717) is 5.95 Å². The summed E-state index contributed by atoms with van der Waals surface area (Å²) in [6.07, 6.45) is 1.71. The fourth-order valence-electron chi connectivity index (χ4n) is 2.14. The van der Waals surface area contributed by atoms with Gasteiger partial charge in [0.25, 0.3) is 0 Å². The average Bonchev–Trinajstić information content (AvgIpc) is 2.51. The fraction of sp³-hybridized carbons (Fsp3) is 0.400. The number of nitrogens with zero attached hydrogens (tertiary/aromatic N) is 5. The van der Waals surface area contributed by atoms with Crippen molar-refractivity contribution in [3.8, 4) is 0 Å². The summed E-state index contributed by atoms with van der Waals surface area (Å²) < 4.78 is 0. The highest BCUT2D eigenvalue weighted by Crippen LogP contribution is 2.23. The zero-order chi connectivity index (χ0) is 14.4. The third kappa shape index (κ3) is 3.04. The van der Waals surface area contributed by atoms with Gasteiger partial charge in [-0.3, -0.25) is 0 Å². The number of rotatable bonds is 6. The lowest BCUT2D eigenvalue weighted by Crippen LogP contribution is -2.26. The molecule has 0 aliphatic carbocycles. The van der Waals surface area contributed by atoms with Gasteiger partial charge < -0.3 is 9.80 Å². The van der Waals surface area contributed by atoms with Crippen LogP contribution in [-0.4, -0.2) is 34.8 Å². The summed E-state index contributed by atoms with van der Waals surface area (Å²) in [4.78, 5) is 8.86. The lowest BCUT2D eigenvalue weighted by atomic mass is 10.3. The lowest BCUT2D eigenvalue weighted by Gasteiger charge is -2.23. The van der Waals surface area contributed by atoms with Crippen LogP contribution in [0.3, 0.4) is 0 Å². The molecule has 1 aromatic carbocycles. The second-order valence-corrected chi connectivity index (χ2v) is 4.37. The fourth-order valence-corrected chi connectivity index (χ4v) is 2.14. The molecule has 2 rings (SSSR count). The zero-order valence-corrected chi connectivity index (χ0v) is 12.3. The van der Waals surface area contributed by atoms with Crippen LogP contribution in [0.25, 0.3) is 0 Å². The molecule has 0 saturated heterocycles. The largest absolute Gasteiger partial charge is 0.340 e. The summed E-state index contributed by atoms with van der Waals surface area (Å²) in [6.45, 7) is 8.87. The monoisotopic (exact) mass is 271 g/mol. The predicted octanol–water partition coefficient (Wildman–Crippen LogP) is 2.88. The summed E-state index contributed by atoms with van der Waals surface area (Å²) in [6, 6.07) is 10.2. The van der Waals surface area contributed by atoms with Crippen LogP contribution in [0.1, 0.15) is 20.8 Å². The van der Waals surface area contributed by atoms with E-state index in [1.165, 1.54) is 0 Å². The van der Waals surface area contributed by atoms with Gasteiger partial charge in [0.15, 0.2) is 5.82 Å². The third-order valence-corrected chi connectivity index (χ3v) is 3.24. The standard InChI is InChI=1S/C15H21N5/c1-4-19(5-2)15-17-14(12-16-18-15)20(6-3)13-10-8-7-9-11-13/h7-12H,4-6H2,1-3H3. The first kappa shape index (κ1) is 14.2. The molecule has 0 atom stereocenters. The minimum absolute atomic E-state index is 0.682. The molecule has 0 fully saturated rings. The van der Waals surface area contributed by atoms with Crippen molar-refractivity contribution in [3.63, 3.8) is 0 Å². The van der Waals surface area contributed by atoms with Crippen molar-refractivity contribution >= 4 is 17.5 Å². The molecule has 0 spiro atoms. The van der Waals surface area contributed by atoms with Crippen molar-refractivity contribution in [1.29, 1.82) is 0 Å². The van der Waals surface area contributed by atoms with E-state index in [0.717, 1.165) is 31.1 Å². The Morgan fingerprint density at radius 2 is 1.65 bits per heavy atom. The lowest BCUT2D eigenvalue weighted by molar-refractivity contribution is 0.788. The first-order chi connectivity index (χ1) is 9.80. The molecular formula is C15H21N5. The van der Waals surface area contributed by atoms with Crippen LogP contribution in [0.15, 0.2) is 36.5 Å². The smallest absolute Gasteiger partial charge is 0.247 e. The molecule has 0 aliphatic rings. The van der Waals surface area contributed by atoms with Gasteiger partial charge in [0.1, 0.15) is 0 Å². The Labute approximate surface area is 120 Å². The van der Waals surface area contributed by atoms with E-state index in [1.54, 1.807) is 6.20 Å². The molecule has 106 valence electrons. The van der Waals surface area contributed by atoms with Gasteiger partial charge in [-0.15, -0.1) is 5.10 Å². The number of hydrogen-bond donors (Lipinski definition) is 0. The number of benzene rings is 1. The second kappa shape index (κ2) is 6.84. The van der Waals surface area contributed by atoms with E-state index < -0.39 is 0 Å². The topological polar surface area (TPSA) is 45.2 Å². The molecule has 0 N–H and O–H groups in total. The Kier molecular flexibility index (Phi) is 4.87. The van der Waals surface area contributed by atoms with Crippen LogP contribution < -0.4 is 9.80 Å². The summed E-state index contributed by atoms with van der Waals surface area (Å²) in [5.74, 6) is 1.51. The maximum Gasteiger partial charge on any atom is 0.247 e. The van der Waals surface area contributed by atoms with E-state index in [2.05, 4.69) is 57.9 Å². The normalized spacial score (nSPS) is 10.3. The summed E-state index contributed by atoms with van der Waals surface area (Å²) in [7, 11) is 0. The van der Waals surface area contributed by atoms with Gasteiger partial charge in [-0.2, -0.15) is 10.1 Å². The molecule has 0 radical (unpaired) electrons. The molecule has 5 nitrogen and oxygen atoms in total. The number of hydrogen-bond acceptors (Lipinski definition) is 5. The Balaban J connectivity index is 2.33. The van der Waals surface area contributed by atoms with Crippen LogP contribution in [0.4, 0.5) is 17.5 Å². The van der Waals surface area contributed by atoms with Crippen LogP contribution in [-0.2, 0) is 0 Å². The van der Waals surface area contributed by atoms with Gasteiger partial charge in [0.05, 0.1) is 6.20 Å². The first-order valence-corrected chi connectivity index (χ1v) is 7.07. The van der Waals surface area contributed by atoms with Crippen molar-refractivity contribution in [2.75, 3.05) is 29.4 Å². The molecule has 1 aromatic heterocycles. The van der Waals surface area contributed by atoms with Crippen molar-refractivity contribution < 1.29 is 0 Å². The third-order valence-electron chi connectivity index (χ3n) is 3.24. The zero-order valence-electron chi connectivity index (χ0n) is 12.3. The van der Waals surface area contributed by atoms with Crippen molar-refractivity contribution in [1.82, 2.24) is 15.2 Å². The van der Waals surface area contributed by atoms with E-state index in [4.69, 9.17) is 0 Å². The molecule has 1 heterocycles. The highest BCUT2D eigenvalue weighted by molar-refractivity contribution is 5.59. The van der Waals surface area contributed by atoms with Crippen molar-refractivity contribution in [2.45, 2.75) is 20.8 Å². The molecule has 0 aliphatic heterocycles. The Hall–Kier alpha value is -2.17.